The molecular weight excluding hydrogens is 412 g/mol. The summed E-state index contributed by atoms with van der Waals surface area (Å²) in [5, 5.41) is 2.69. The van der Waals surface area contributed by atoms with Crippen LogP contribution in [0.3, 0.4) is 0 Å². The lowest BCUT2D eigenvalue weighted by atomic mass is 10.2. The second-order valence-electron chi connectivity index (χ2n) is 6.88. The number of ether oxygens (including phenoxy) is 2. The van der Waals surface area contributed by atoms with Crippen LogP contribution in [-0.2, 0) is 14.3 Å². The van der Waals surface area contributed by atoms with Crippen molar-refractivity contribution in [3.8, 4) is 5.75 Å². The maximum atomic E-state index is 12.3. The van der Waals surface area contributed by atoms with Crippen LogP contribution in [0.1, 0.15) is 6.42 Å². The smallest absolute Gasteiger partial charge is 0.308 e. The maximum absolute atomic E-state index is 12.3. The van der Waals surface area contributed by atoms with Crippen LogP contribution in [-0.4, -0.2) is 32.1 Å². The summed E-state index contributed by atoms with van der Waals surface area (Å²) in [5.41, 5.74) is 2.71. The van der Waals surface area contributed by atoms with Gasteiger partial charge < -0.3 is 19.7 Å². The van der Waals surface area contributed by atoms with Gasteiger partial charge in [-0.3, -0.25) is 9.59 Å². The van der Waals surface area contributed by atoms with E-state index in [1.807, 2.05) is 36.4 Å². The second-order valence-corrected chi connectivity index (χ2v) is 7.96. The molecule has 6 nitrogen and oxygen atoms in total. The summed E-state index contributed by atoms with van der Waals surface area (Å²) in [5.74, 6) is -0.185. The zero-order valence-corrected chi connectivity index (χ0v) is 17.9. The van der Waals surface area contributed by atoms with Crippen LogP contribution in [0.4, 0.5) is 17.1 Å². The first kappa shape index (κ1) is 20.8. The highest BCUT2D eigenvalue weighted by Gasteiger charge is 2.23. The van der Waals surface area contributed by atoms with Crippen molar-refractivity contribution in [1.29, 1.82) is 0 Å². The van der Waals surface area contributed by atoms with Crippen LogP contribution < -0.4 is 15.0 Å². The Morgan fingerprint density at radius 3 is 2.29 bits per heavy atom. The van der Waals surface area contributed by atoms with E-state index in [9.17, 15) is 9.59 Å². The predicted octanol–water partition coefficient (Wildman–Crippen LogP) is 4.87. The highest BCUT2D eigenvalue weighted by atomic mass is 32.2. The molecular formula is C24H22N2O4S. The molecule has 0 spiro atoms. The van der Waals surface area contributed by atoms with E-state index in [1.165, 1.54) is 0 Å². The first-order valence-corrected chi connectivity index (χ1v) is 10.7. The monoisotopic (exact) mass is 434 g/mol. The normalized spacial score (nSPS) is 11.8. The number of nitrogens with one attached hydrogen (secondary N) is 1. The molecule has 0 radical (unpaired) electrons. The van der Waals surface area contributed by atoms with Gasteiger partial charge in [-0.05, 0) is 36.4 Å². The van der Waals surface area contributed by atoms with Gasteiger partial charge in [-0.1, -0.05) is 42.1 Å². The van der Waals surface area contributed by atoms with Crippen LogP contribution in [0.5, 0.6) is 5.75 Å². The van der Waals surface area contributed by atoms with Crippen molar-refractivity contribution in [2.75, 3.05) is 30.5 Å². The minimum atomic E-state index is -0.422. The molecule has 1 heterocycles. The van der Waals surface area contributed by atoms with E-state index in [1.54, 1.807) is 43.1 Å². The number of hydrogen-bond donors (Lipinski definition) is 1. The Morgan fingerprint density at radius 1 is 0.935 bits per heavy atom. The Kier molecular flexibility index (Phi) is 6.43. The van der Waals surface area contributed by atoms with Crippen molar-refractivity contribution in [3.63, 3.8) is 0 Å². The first-order chi connectivity index (χ1) is 15.1. The molecule has 0 saturated carbocycles. The molecule has 1 aliphatic rings. The summed E-state index contributed by atoms with van der Waals surface area (Å²) in [6, 6.07) is 23.2. The average Bonchev–Trinajstić information content (AvgIpc) is 2.80. The van der Waals surface area contributed by atoms with Crippen LogP contribution in [0.2, 0.25) is 0 Å². The molecule has 0 fully saturated rings. The van der Waals surface area contributed by atoms with Crippen molar-refractivity contribution in [2.45, 2.75) is 16.2 Å². The standard InChI is InChI=1S/C24H22N2O4S/c1-29-18-8-6-7-17(15-18)25-23(27)16-30-24(28)13-14-26-19-9-2-4-11-21(19)31-22-12-5-3-10-20(22)26/h2-12,15H,13-14,16H2,1H3,(H,25,27). The van der Waals surface area contributed by atoms with E-state index in [0.717, 1.165) is 21.2 Å². The second kappa shape index (κ2) is 9.57. The van der Waals surface area contributed by atoms with E-state index >= 15 is 0 Å². The van der Waals surface area contributed by atoms with Gasteiger partial charge in [-0.2, -0.15) is 0 Å². The summed E-state index contributed by atoms with van der Waals surface area (Å²) in [6.45, 7) is 0.129. The highest BCUT2D eigenvalue weighted by molar-refractivity contribution is 7.99. The van der Waals surface area contributed by atoms with Gasteiger partial charge in [-0.25, -0.2) is 0 Å². The molecule has 1 N–H and O–H groups in total. The minimum absolute atomic E-state index is 0.166. The van der Waals surface area contributed by atoms with E-state index in [-0.39, 0.29) is 13.0 Å². The molecule has 1 amide bonds. The molecule has 3 aromatic rings. The van der Waals surface area contributed by atoms with Gasteiger partial charge in [0.25, 0.3) is 5.91 Å². The number of esters is 1. The fourth-order valence-corrected chi connectivity index (χ4v) is 4.44. The van der Waals surface area contributed by atoms with Crippen LogP contribution in [0.15, 0.2) is 82.6 Å². The fraction of sp³-hybridized carbons (Fsp3) is 0.167. The molecule has 31 heavy (non-hydrogen) atoms. The van der Waals surface area contributed by atoms with Crippen LogP contribution in [0, 0.1) is 0 Å². The van der Waals surface area contributed by atoms with Gasteiger partial charge in [0.05, 0.1) is 24.9 Å². The number of carbonyl (C=O) groups is 2. The molecule has 0 bridgehead atoms. The highest BCUT2D eigenvalue weighted by Crippen LogP contribution is 2.47. The van der Waals surface area contributed by atoms with Crippen molar-refractivity contribution >= 4 is 40.7 Å². The zero-order chi connectivity index (χ0) is 21.6. The number of nitrogens with zero attached hydrogens (tertiary/aromatic N) is 1. The van der Waals surface area contributed by atoms with Crippen molar-refractivity contribution < 1.29 is 19.1 Å². The Hall–Kier alpha value is -3.45. The van der Waals surface area contributed by atoms with Gasteiger partial charge in [-0.15, -0.1) is 0 Å². The SMILES string of the molecule is COc1cccc(NC(=O)COC(=O)CCN2c3ccccc3Sc3ccccc32)c1. The summed E-state index contributed by atoms with van der Waals surface area (Å²) in [4.78, 5) is 28.8. The summed E-state index contributed by atoms with van der Waals surface area (Å²) in [6.07, 6.45) is 0.166. The molecule has 0 aliphatic carbocycles. The number of amides is 1. The lowest BCUT2D eigenvalue weighted by molar-refractivity contribution is -0.147. The van der Waals surface area contributed by atoms with E-state index in [0.29, 0.717) is 18.0 Å². The van der Waals surface area contributed by atoms with Crippen molar-refractivity contribution in [1.82, 2.24) is 0 Å². The Labute approximate surface area is 185 Å². The van der Waals surface area contributed by atoms with Crippen molar-refractivity contribution in [3.05, 3.63) is 72.8 Å². The molecule has 0 saturated heterocycles. The number of hydrogen-bond acceptors (Lipinski definition) is 6. The Morgan fingerprint density at radius 2 is 1.61 bits per heavy atom. The third-order valence-corrected chi connectivity index (χ3v) is 5.92. The number of fused-ring (bicyclic) bond motifs is 2. The largest absolute Gasteiger partial charge is 0.497 e. The minimum Gasteiger partial charge on any atom is -0.497 e. The number of anilines is 3. The lowest BCUT2D eigenvalue weighted by Crippen LogP contribution is -2.26. The first-order valence-electron chi connectivity index (χ1n) is 9.87. The van der Waals surface area contributed by atoms with Gasteiger partial charge >= 0.3 is 5.97 Å². The fourth-order valence-electron chi connectivity index (χ4n) is 3.34. The Balaban J connectivity index is 1.33. The van der Waals surface area contributed by atoms with E-state index in [4.69, 9.17) is 9.47 Å². The molecule has 0 aromatic heterocycles. The molecule has 3 aromatic carbocycles. The summed E-state index contributed by atoms with van der Waals surface area (Å²) >= 11 is 1.72. The lowest BCUT2D eigenvalue weighted by Gasteiger charge is -2.32. The Bertz CT molecular complexity index is 1060. The van der Waals surface area contributed by atoms with Crippen LogP contribution in [0.25, 0.3) is 0 Å². The van der Waals surface area contributed by atoms with Gasteiger partial charge in [0.15, 0.2) is 6.61 Å². The van der Waals surface area contributed by atoms with Crippen LogP contribution >= 0.6 is 11.8 Å². The molecule has 0 atom stereocenters. The number of rotatable bonds is 7. The molecule has 0 unspecified atom stereocenters. The molecule has 7 heteroatoms. The van der Waals surface area contributed by atoms with Gasteiger partial charge in [0, 0.05) is 28.1 Å². The van der Waals surface area contributed by atoms with Gasteiger partial charge in [0.2, 0.25) is 0 Å². The van der Waals surface area contributed by atoms with Gasteiger partial charge in [0.1, 0.15) is 5.75 Å². The predicted molar refractivity (Wildman–Crippen MR) is 121 cm³/mol. The summed E-state index contributed by atoms with van der Waals surface area (Å²) < 4.78 is 10.3. The molecule has 158 valence electrons. The van der Waals surface area contributed by atoms with Crippen molar-refractivity contribution in [2.24, 2.45) is 0 Å². The van der Waals surface area contributed by atoms with E-state index in [2.05, 4.69) is 22.3 Å². The third kappa shape index (κ3) is 5.00. The number of benzene rings is 3. The quantitative estimate of drug-likeness (QED) is 0.535. The molecule has 4 rings (SSSR count). The molecule has 1 aliphatic heterocycles. The maximum Gasteiger partial charge on any atom is 0.308 e. The average molecular weight is 435 g/mol. The topological polar surface area (TPSA) is 67.9 Å². The third-order valence-electron chi connectivity index (χ3n) is 4.79. The number of methoxy groups -OCH3 is 1. The summed E-state index contributed by atoms with van der Waals surface area (Å²) in [7, 11) is 1.56. The van der Waals surface area contributed by atoms with E-state index < -0.39 is 11.9 Å². The zero-order valence-electron chi connectivity index (χ0n) is 17.0. The number of para-hydroxylation sites is 2. The number of carbonyl (C=O) groups excluding carboxylic acids is 2.